The Morgan fingerprint density at radius 1 is 1.57 bits per heavy atom. The number of amides is 1. The number of aliphatic hydroxyl groups excluding tert-OH is 1. The summed E-state index contributed by atoms with van der Waals surface area (Å²) in [7, 11) is 0. The zero-order valence-corrected chi connectivity index (χ0v) is 7.97. The van der Waals surface area contributed by atoms with Crippen LogP contribution in [0.25, 0.3) is 0 Å². The molecule has 2 heterocycles. The smallest absolute Gasteiger partial charge is 0.329 e. The summed E-state index contributed by atoms with van der Waals surface area (Å²) in [6.45, 7) is 2.05. The van der Waals surface area contributed by atoms with Gasteiger partial charge in [-0.25, -0.2) is 4.79 Å². The highest BCUT2D eigenvalue weighted by atomic mass is 16.6. The summed E-state index contributed by atoms with van der Waals surface area (Å²) in [5, 5.41) is 9.26. The number of nitrogens with zero attached hydrogens (tertiary/aromatic N) is 1. The molecule has 2 aliphatic heterocycles. The molecule has 1 N–H and O–H groups in total. The van der Waals surface area contributed by atoms with Crippen LogP contribution in [0.5, 0.6) is 0 Å². The normalized spacial score (nSPS) is 34.0. The molecule has 2 rings (SSSR count). The van der Waals surface area contributed by atoms with E-state index in [0.29, 0.717) is 13.0 Å². The number of fused-ring (bicyclic) bond motifs is 1. The maximum Gasteiger partial charge on any atom is 0.329 e. The van der Waals surface area contributed by atoms with Crippen LogP contribution in [0, 0.1) is 0 Å². The molecule has 0 aliphatic carbocycles. The number of hydrogen-bond donors (Lipinski definition) is 1. The van der Waals surface area contributed by atoms with Gasteiger partial charge < -0.3 is 14.7 Å². The van der Waals surface area contributed by atoms with Crippen LogP contribution in [0.15, 0.2) is 0 Å². The summed E-state index contributed by atoms with van der Waals surface area (Å²) in [5.74, 6) is -0.643. The van der Waals surface area contributed by atoms with Crippen LogP contribution >= 0.6 is 0 Å². The summed E-state index contributed by atoms with van der Waals surface area (Å²) in [6, 6.07) is -0.405. The van der Waals surface area contributed by atoms with E-state index in [9.17, 15) is 14.7 Å². The minimum absolute atomic E-state index is 0.262. The Labute approximate surface area is 81.6 Å². The van der Waals surface area contributed by atoms with E-state index in [4.69, 9.17) is 4.74 Å². The van der Waals surface area contributed by atoms with Crippen LogP contribution in [0.2, 0.25) is 0 Å². The fourth-order valence-electron chi connectivity index (χ4n) is 2.00. The van der Waals surface area contributed by atoms with E-state index in [2.05, 4.69) is 0 Å². The van der Waals surface area contributed by atoms with Gasteiger partial charge >= 0.3 is 5.97 Å². The quantitative estimate of drug-likeness (QED) is 0.566. The fourth-order valence-corrected chi connectivity index (χ4v) is 2.00. The predicted molar refractivity (Wildman–Crippen MR) is 46.3 cm³/mol. The van der Waals surface area contributed by atoms with Gasteiger partial charge in [0, 0.05) is 6.54 Å². The Kier molecular flexibility index (Phi) is 2.19. The Balaban J connectivity index is 2.20. The Bertz CT molecular complexity index is 272. The van der Waals surface area contributed by atoms with Gasteiger partial charge in [-0.15, -0.1) is 0 Å². The number of esters is 1. The van der Waals surface area contributed by atoms with Gasteiger partial charge in [0.15, 0.2) is 0 Å². The molecule has 78 valence electrons. The first-order valence-electron chi connectivity index (χ1n) is 4.80. The van der Waals surface area contributed by atoms with Crippen LogP contribution in [0.1, 0.15) is 19.8 Å². The minimum atomic E-state index is -1.00. The van der Waals surface area contributed by atoms with E-state index in [-0.39, 0.29) is 11.9 Å². The second kappa shape index (κ2) is 3.24. The SMILES string of the molecule is CC(O)C1OC(=O)[C@@H]2CCCN2C1=O. The van der Waals surface area contributed by atoms with E-state index in [1.165, 1.54) is 11.8 Å². The number of cyclic esters (lactones) is 1. The topological polar surface area (TPSA) is 66.8 Å². The van der Waals surface area contributed by atoms with Gasteiger partial charge in [0.2, 0.25) is 6.10 Å². The lowest BCUT2D eigenvalue weighted by molar-refractivity contribution is -0.182. The lowest BCUT2D eigenvalue weighted by Crippen LogP contribution is -2.56. The molecule has 5 heteroatoms. The summed E-state index contributed by atoms with van der Waals surface area (Å²) in [5.41, 5.74) is 0. The van der Waals surface area contributed by atoms with Gasteiger partial charge in [-0.1, -0.05) is 0 Å². The van der Waals surface area contributed by atoms with Gasteiger partial charge in [0.25, 0.3) is 5.91 Å². The average Bonchev–Trinajstić information content (AvgIpc) is 2.59. The largest absolute Gasteiger partial charge is 0.448 e. The van der Waals surface area contributed by atoms with Crippen molar-refractivity contribution >= 4 is 11.9 Å². The molecule has 1 amide bonds. The molecule has 14 heavy (non-hydrogen) atoms. The number of hydrogen-bond acceptors (Lipinski definition) is 4. The highest BCUT2D eigenvalue weighted by Crippen LogP contribution is 2.25. The van der Waals surface area contributed by atoms with Crippen molar-refractivity contribution in [1.29, 1.82) is 0 Å². The molecule has 3 atom stereocenters. The first-order valence-corrected chi connectivity index (χ1v) is 4.80. The van der Waals surface area contributed by atoms with Crippen LogP contribution < -0.4 is 0 Å². The Hall–Kier alpha value is -1.10. The molecule has 0 radical (unpaired) electrons. The lowest BCUT2D eigenvalue weighted by Gasteiger charge is -2.34. The molecule has 0 bridgehead atoms. The van der Waals surface area contributed by atoms with Gasteiger partial charge in [0.1, 0.15) is 6.04 Å². The molecule has 5 nitrogen and oxygen atoms in total. The Morgan fingerprint density at radius 3 is 2.93 bits per heavy atom. The number of morpholine rings is 1. The maximum atomic E-state index is 11.7. The molecule has 0 aromatic carbocycles. The lowest BCUT2D eigenvalue weighted by atomic mass is 10.1. The first kappa shape index (κ1) is 9.45. The number of aliphatic hydroxyl groups is 1. The van der Waals surface area contributed by atoms with E-state index in [0.717, 1.165) is 6.42 Å². The molecule has 2 saturated heterocycles. The van der Waals surface area contributed by atoms with Crippen molar-refractivity contribution in [3.63, 3.8) is 0 Å². The number of carbonyl (C=O) groups is 2. The van der Waals surface area contributed by atoms with Gasteiger partial charge in [-0.2, -0.15) is 0 Å². The molecule has 0 saturated carbocycles. The minimum Gasteiger partial charge on any atom is -0.448 e. The molecule has 0 spiro atoms. The molecule has 2 aliphatic rings. The van der Waals surface area contributed by atoms with E-state index >= 15 is 0 Å². The summed E-state index contributed by atoms with van der Waals surface area (Å²) >= 11 is 0. The van der Waals surface area contributed by atoms with Crippen LogP contribution in [0.3, 0.4) is 0 Å². The third-order valence-electron chi connectivity index (χ3n) is 2.73. The first-order chi connectivity index (χ1) is 6.61. The van der Waals surface area contributed by atoms with Crippen molar-refractivity contribution in [2.45, 2.75) is 38.0 Å². The third-order valence-corrected chi connectivity index (χ3v) is 2.73. The van der Waals surface area contributed by atoms with Gasteiger partial charge in [-0.3, -0.25) is 4.79 Å². The van der Waals surface area contributed by atoms with E-state index in [1.54, 1.807) is 0 Å². The summed E-state index contributed by atoms with van der Waals surface area (Å²) in [4.78, 5) is 24.6. The fraction of sp³-hybridized carbons (Fsp3) is 0.778. The second-order valence-electron chi connectivity index (χ2n) is 3.79. The van der Waals surface area contributed by atoms with Gasteiger partial charge in [-0.05, 0) is 19.8 Å². The van der Waals surface area contributed by atoms with Crippen molar-refractivity contribution < 1.29 is 19.4 Å². The highest BCUT2D eigenvalue weighted by molar-refractivity contribution is 5.93. The van der Waals surface area contributed by atoms with Crippen LogP contribution in [-0.2, 0) is 14.3 Å². The summed E-state index contributed by atoms with van der Waals surface area (Å²) in [6.07, 6.45) is -0.431. The molecular weight excluding hydrogens is 186 g/mol. The average molecular weight is 199 g/mol. The van der Waals surface area contributed by atoms with Crippen LogP contribution in [-0.4, -0.2) is 46.7 Å². The van der Waals surface area contributed by atoms with Crippen molar-refractivity contribution in [2.75, 3.05) is 6.54 Å². The summed E-state index contributed by atoms with van der Waals surface area (Å²) < 4.78 is 4.89. The molecule has 0 aromatic rings. The Morgan fingerprint density at radius 2 is 2.29 bits per heavy atom. The number of carbonyl (C=O) groups excluding carboxylic acids is 2. The molecule has 2 unspecified atom stereocenters. The standard InChI is InChI=1S/C9H13NO4/c1-5(11)7-8(12)10-4-2-3-6(10)9(13)14-7/h5-7,11H,2-4H2,1H3/t5?,6-,7?/m0/s1. The predicted octanol–water partition coefficient (Wildman–Crippen LogP) is -0.716. The van der Waals surface area contributed by atoms with Crippen molar-refractivity contribution in [2.24, 2.45) is 0 Å². The van der Waals surface area contributed by atoms with Crippen molar-refractivity contribution in [1.82, 2.24) is 4.90 Å². The monoisotopic (exact) mass is 199 g/mol. The second-order valence-corrected chi connectivity index (χ2v) is 3.79. The number of ether oxygens (including phenoxy) is 1. The molecule has 2 fully saturated rings. The van der Waals surface area contributed by atoms with Gasteiger partial charge in [0.05, 0.1) is 6.10 Å². The van der Waals surface area contributed by atoms with E-state index < -0.39 is 18.2 Å². The third kappa shape index (κ3) is 1.28. The zero-order valence-electron chi connectivity index (χ0n) is 7.97. The van der Waals surface area contributed by atoms with E-state index in [1.807, 2.05) is 0 Å². The number of rotatable bonds is 1. The van der Waals surface area contributed by atoms with Crippen molar-refractivity contribution in [3.05, 3.63) is 0 Å². The van der Waals surface area contributed by atoms with Crippen LogP contribution in [0.4, 0.5) is 0 Å². The maximum absolute atomic E-state index is 11.7. The van der Waals surface area contributed by atoms with Crippen molar-refractivity contribution in [3.8, 4) is 0 Å². The molecule has 0 aromatic heterocycles. The highest BCUT2D eigenvalue weighted by Gasteiger charge is 2.46. The molecular formula is C9H13NO4. The zero-order chi connectivity index (χ0) is 10.3.